The van der Waals surface area contributed by atoms with Crippen LogP contribution in [0.25, 0.3) is 10.9 Å². The van der Waals surface area contributed by atoms with Gasteiger partial charge in [0.15, 0.2) is 16.8 Å². The minimum atomic E-state index is -5.02. The lowest BCUT2D eigenvalue weighted by Gasteiger charge is -2.38. The van der Waals surface area contributed by atoms with E-state index in [0.29, 0.717) is 22.6 Å². The number of alkyl halides is 9. The quantitative estimate of drug-likeness (QED) is 0.0252. The predicted octanol–water partition coefficient (Wildman–Crippen LogP) is 12.4. The highest BCUT2D eigenvalue weighted by molar-refractivity contribution is 5.98. The number of hydrogen-bond acceptors (Lipinski definition) is 12. The number of hydrogen-bond donors (Lipinski definition) is 6. The summed E-state index contributed by atoms with van der Waals surface area (Å²) >= 11 is 0. The van der Waals surface area contributed by atoms with E-state index in [1.165, 1.54) is 116 Å². The van der Waals surface area contributed by atoms with Crippen LogP contribution in [-0.4, -0.2) is 101 Å². The van der Waals surface area contributed by atoms with Gasteiger partial charge in [-0.3, -0.25) is 14.4 Å². The molecule has 7 aromatic rings. The van der Waals surface area contributed by atoms with Crippen molar-refractivity contribution in [1.82, 2.24) is 9.55 Å². The summed E-state index contributed by atoms with van der Waals surface area (Å²) in [6, 6.07) is 29.5. The predicted molar refractivity (Wildman–Crippen MR) is 317 cm³/mol. The zero-order chi connectivity index (χ0) is 68.5. The number of benzene rings is 6. The average Bonchev–Trinajstić information content (AvgIpc) is 1.72. The van der Waals surface area contributed by atoms with E-state index in [1.54, 1.807) is 50.2 Å². The Morgan fingerprint density at radius 2 is 1.01 bits per heavy atom. The van der Waals surface area contributed by atoms with Gasteiger partial charge in [0, 0.05) is 28.1 Å². The fraction of sp³-hybridized carbons (Fsp3) is 0.375. The number of fused-ring (bicyclic) bond motifs is 1. The van der Waals surface area contributed by atoms with Gasteiger partial charge in [-0.05, 0) is 127 Å². The van der Waals surface area contributed by atoms with Crippen LogP contribution in [0.5, 0.6) is 17.2 Å². The molecular formula is C64H70F12N6O9. The van der Waals surface area contributed by atoms with Crippen LogP contribution in [-0.2, 0) is 27.5 Å². The van der Waals surface area contributed by atoms with Crippen molar-refractivity contribution in [1.29, 1.82) is 0 Å². The summed E-state index contributed by atoms with van der Waals surface area (Å²) < 4.78 is 185. The summed E-state index contributed by atoms with van der Waals surface area (Å²) in [6.07, 6.45) is -15.3. The zero-order valence-corrected chi connectivity index (χ0v) is 50.9. The minimum Gasteiger partial charge on any atom is -0.496 e. The monoisotopic (exact) mass is 1290 g/mol. The average molecular weight is 1300 g/mol. The first kappa shape index (κ1) is 73.2. The number of nitrogens with zero attached hydrogens (tertiary/aromatic N) is 2. The molecule has 0 saturated carbocycles. The van der Waals surface area contributed by atoms with E-state index in [0.717, 1.165) is 35.2 Å². The molecule has 1 aromatic heterocycles. The number of primary amides is 2. The number of nitrogen functional groups attached to an aromatic ring is 1. The molecule has 494 valence electrons. The van der Waals surface area contributed by atoms with Gasteiger partial charge in [0.1, 0.15) is 34.7 Å². The van der Waals surface area contributed by atoms with E-state index in [9.17, 15) is 77.3 Å². The molecule has 15 nitrogen and oxygen atoms in total. The summed E-state index contributed by atoms with van der Waals surface area (Å²) in [5.41, 5.74) is 4.87. The molecule has 1 fully saturated rings. The molecule has 27 heteroatoms. The van der Waals surface area contributed by atoms with Crippen molar-refractivity contribution >= 4 is 34.1 Å². The number of nitrogens with one attached hydrogen (secondary N) is 1. The van der Waals surface area contributed by atoms with Crippen molar-refractivity contribution in [3.63, 3.8) is 0 Å². The van der Waals surface area contributed by atoms with Crippen molar-refractivity contribution in [2.24, 2.45) is 11.5 Å². The standard InChI is InChI=1S/C22H22F4N2O3.C21H24F4N2O3.C14H16F4O2.C7H8N2O/c1-20(2,16-10-14(23)8-9-18(16)31-3)11-21(30,22(24,25)26)12-28-13-27-19(29)15-6-4-5-7-17(15)28;1-19(2,15-10-13(22)8-9-17(15)30-3)11-20(29,21(23,24)25)12-27-16-7-5-4-6-14(16)18(26)28;1-12(2,7-13(8-20-13)14(16,17)18)10-6-9(15)4-5-11(10)19-3;8-6-4-2-1-3-5(6)7(9)10/h4-10,13,30H,11-12H2,1-3H3;4-10,27,29H,11-12H2,1-3H3,(H2,26,28);4-6H,7-8H2,1-3H3;1-4H,8H2,(H2,9,10). The largest absolute Gasteiger partial charge is 0.496 e. The Kier molecular flexibility index (Phi) is 22.8. The molecule has 1 saturated heterocycles. The number of nitrogens with two attached hydrogens (primary N) is 3. The highest BCUT2D eigenvalue weighted by atomic mass is 19.4. The van der Waals surface area contributed by atoms with E-state index >= 15 is 0 Å². The number of carbonyl (C=O) groups excluding carboxylic acids is 2. The molecule has 0 bridgehead atoms. The summed E-state index contributed by atoms with van der Waals surface area (Å²) in [5, 5.41) is 24.1. The summed E-state index contributed by atoms with van der Waals surface area (Å²) in [7, 11) is 4.06. The molecule has 0 aliphatic carbocycles. The molecule has 2 heterocycles. The zero-order valence-electron chi connectivity index (χ0n) is 50.9. The normalized spacial score (nSPS) is 15.6. The Morgan fingerprint density at radius 1 is 0.604 bits per heavy atom. The van der Waals surface area contributed by atoms with Gasteiger partial charge in [0.2, 0.25) is 0 Å². The fourth-order valence-electron chi connectivity index (χ4n) is 10.4. The maximum atomic E-state index is 14.1. The van der Waals surface area contributed by atoms with Gasteiger partial charge in [0.25, 0.3) is 17.4 Å². The van der Waals surface area contributed by atoms with Crippen LogP contribution in [0.2, 0.25) is 0 Å². The minimum absolute atomic E-state index is 0.00640. The molecule has 8 rings (SSSR count). The molecule has 1 aliphatic rings. The summed E-state index contributed by atoms with van der Waals surface area (Å²) in [5.74, 6) is -2.29. The Hall–Kier alpha value is -8.56. The lowest BCUT2D eigenvalue weighted by atomic mass is 9.74. The molecular weight excluding hydrogens is 1220 g/mol. The van der Waals surface area contributed by atoms with E-state index < -0.39 is 112 Å². The van der Waals surface area contributed by atoms with Crippen molar-refractivity contribution < 1.29 is 91.4 Å². The molecule has 2 amide bonds. The third-order valence-electron chi connectivity index (χ3n) is 15.1. The Morgan fingerprint density at radius 3 is 1.42 bits per heavy atom. The van der Waals surface area contributed by atoms with Crippen LogP contribution in [0.4, 0.5) is 64.1 Å². The van der Waals surface area contributed by atoms with Crippen LogP contribution in [0.3, 0.4) is 0 Å². The van der Waals surface area contributed by atoms with Crippen LogP contribution in [0.1, 0.15) is 98.2 Å². The van der Waals surface area contributed by atoms with E-state index in [4.69, 9.17) is 31.4 Å². The summed E-state index contributed by atoms with van der Waals surface area (Å²) in [6.45, 7) is 6.92. The third kappa shape index (κ3) is 17.9. The molecule has 9 N–H and O–H groups in total. The second kappa shape index (κ2) is 28.3. The van der Waals surface area contributed by atoms with E-state index in [2.05, 4.69) is 15.0 Å². The Bertz CT molecular complexity index is 3740. The second-order valence-corrected chi connectivity index (χ2v) is 23.5. The SMILES string of the molecule is COc1ccc(F)cc1C(C)(C)CC(O)(CNc1ccccc1C(N)=O)C(F)(F)F.COc1ccc(F)cc1C(C)(C)CC(O)(Cn1cnc(=O)c2ccccc21)C(F)(F)F.COc1ccc(F)cc1C(C)(C)CC1(C(F)(F)F)CO1.NC(=O)c1ccccc1N. The topological polar surface area (TPSA) is 240 Å². The van der Waals surface area contributed by atoms with Crippen molar-refractivity contribution in [3.8, 4) is 17.2 Å². The van der Waals surface area contributed by atoms with E-state index in [1.807, 2.05) is 0 Å². The molecule has 3 atom stereocenters. The lowest BCUT2D eigenvalue weighted by molar-refractivity contribution is -0.271. The number of carbonyl (C=O) groups is 2. The van der Waals surface area contributed by atoms with Gasteiger partial charge in [-0.25, -0.2) is 13.2 Å². The molecule has 0 radical (unpaired) electrons. The second-order valence-electron chi connectivity index (χ2n) is 23.5. The van der Waals surface area contributed by atoms with Crippen LogP contribution < -0.4 is 42.3 Å². The third-order valence-corrected chi connectivity index (χ3v) is 15.1. The van der Waals surface area contributed by atoms with Gasteiger partial charge >= 0.3 is 18.5 Å². The number of ether oxygens (including phenoxy) is 4. The number of methoxy groups -OCH3 is 3. The number of rotatable bonds is 19. The number of aliphatic hydroxyl groups is 2. The molecule has 91 heavy (non-hydrogen) atoms. The van der Waals surface area contributed by atoms with Crippen molar-refractivity contribution in [3.05, 3.63) is 189 Å². The number of halogens is 12. The number of anilines is 2. The van der Waals surface area contributed by atoms with E-state index in [-0.39, 0.29) is 57.8 Å². The van der Waals surface area contributed by atoms with Gasteiger partial charge < -0.3 is 56.2 Å². The first-order chi connectivity index (χ1) is 42.0. The van der Waals surface area contributed by atoms with Gasteiger partial charge in [-0.2, -0.15) is 44.5 Å². The van der Waals surface area contributed by atoms with Crippen LogP contribution >= 0.6 is 0 Å². The maximum Gasteiger partial charge on any atom is 0.419 e. The van der Waals surface area contributed by atoms with Crippen molar-refractivity contribution in [2.45, 2.75) is 119 Å². The molecule has 0 spiro atoms. The molecule has 1 aliphatic heterocycles. The highest BCUT2D eigenvalue weighted by Crippen LogP contribution is 2.52. The lowest BCUT2D eigenvalue weighted by Crippen LogP contribution is -2.53. The number of amides is 2. The number of epoxide rings is 1. The number of para-hydroxylation sites is 3. The van der Waals surface area contributed by atoms with Gasteiger partial charge in [-0.15, -0.1) is 0 Å². The van der Waals surface area contributed by atoms with Crippen LogP contribution in [0.15, 0.2) is 139 Å². The smallest absolute Gasteiger partial charge is 0.419 e. The van der Waals surface area contributed by atoms with Gasteiger partial charge in [-0.1, -0.05) is 77.9 Å². The Balaban J connectivity index is 0.000000234. The van der Waals surface area contributed by atoms with Crippen LogP contribution in [0, 0.1) is 17.5 Å². The maximum absolute atomic E-state index is 14.1. The fourth-order valence-corrected chi connectivity index (χ4v) is 10.4. The molecule has 6 aromatic carbocycles. The summed E-state index contributed by atoms with van der Waals surface area (Å²) in [4.78, 5) is 37.6. The van der Waals surface area contributed by atoms with Gasteiger partial charge in [0.05, 0.1) is 69.4 Å². The Labute approximate surface area is 516 Å². The number of aromatic nitrogens is 2. The van der Waals surface area contributed by atoms with Crippen molar-refractivity contribution in [2.75, 3.05) is 45.5 Å². The molecule has 3 unspecified atom stereocenters. The first-order valence-corrected chi connectivity index (χ1v) is 27.5. The highest BCUT2D eigenvalue weighted by Gasteiger charge is 2.67. The first-order valence-electron chi connectivity index (χ1n) is 27.5.